The van der Waals surface area contributed by atoms with Crippen LogP contribution in [0.5, 0.6) is 0 Å². The number of carbonyl (C=O) groups excluding carboxylic acids is 1. The molecular weight excluding hydrogens is 507 g/mol. The van der Waals surface area contributed by atoms with E-state index in [0.717, 1.165) is 64.3 Å². The van der Waals surface area contributed by atoms with Crippen LogP contribution in [-0.2, 0) is 4.79 Å². The summed E-state index contributed by atoms with van der Waals surface area (Å²) in [7, 11) is 0. The van der Waals surface area contributed by atoms with Crippen molar-refractivity contribution in [2.75, 3.05) is 11.9 Å². The Morgan fingerprint density at radius 3 is 2.32 bits per heavy atom. The molecule has 38 heavy (non-hydrogen) atoms. The molecule has 3 heterocycles. The van der Waals surface area contributed by atoms with Crippen molar-refractivity contribution in [2.24, 2.45) is 0 Å². The van der Waals surface area contributed by atoms with Crippen LogP contribution in [0.25, 0.3) is 17.1 Å². The van der Waals surface area contributed by atoms with Gasteiger partial charge in [-0.1, -0.05) is 12.8 Å². The fourth-order valence-corrected chi connectivity index (χ4v) is 6.27. The van der Waals surface area contributed by atoms with Crippen LogP contribution in [0.2, 0.25) is 0 Å². The maximum atomic E-state index is 13.6. The molecule has 2 saturated carbocycles. The number of hydrogen-bond acceptors (Lipinski definition) is 5. The maximum absolute atomic E-state index is 13.6. The summed E-state index contributed by atoms with van der Waals surface area (Å²) in [5.41, 5.74) is 1.80. The molecule has 8 nitrogen and oxygen atoms in total. The Labute approximate surface area is 227 Å². The van der Waals surface area contributed by atoms with E-state index in [2.05, 4.69) is 15.2 Å². The first kappa shape index (κ1) is 26.4. The third-order valence-electron chi connectivity index (χ3n) is 8.22. The summed E-state index contributed by atoms with van der Waals surface area (Å²) in [6.07, 6.45) is 13.3. The second-order valence-corrected chi connectivity index (χ2v) is 10.6. The molecule has 1 saturated heterocycles. The van der Waals surface area contributed by atoms with Crippen LogP contribution >= 0.6 is 12.4 Å². The number of aromatic nitrogens is 4. The van der Waals surface area contributed by atoms with E-state index >= 15 is 0 Å². The minimum absolute atomic E-state index is 0. The van der Waals surface area contributed by atoms with Gasteiger partial charge in [-0.05, 0) is 75.3 Å². The Morgan fingerprint density at radius 1 is 0.895 bits per heavy atom. The standard InChI is InChI=1S/C28H33FN6O2.ClH/c29-19-7-11-23(12-8-19)35-25(18-34(28(35)37)21-4-1-2-5-21)24-15-16-30-27(32-24)31-20-9-13-22(14-10-20)33-17-3-6-26(33)36;/h7-8,11-12,15-16,18,20-22H,1-6,9-10,13-14,17H2,(H,30,31,32);1H. The molecule has 6 rings (SSSR count). The number of hydrogen-bond donors (Lipinski definition) is 1. The molecular formula is C28H34ClFN6O2. The molecule has 0 spiro atoms. The van der Waals surface area contributed by atoms with Gasteiger partial charge in [0, 0.05) is 43.5 Å². The van der Waals surface area contributed by atoms with E-state index in [1.807, 2.05) is 16.8 Å². The third kappa shape index (κ3) is 5.21. The van der Waals surface area contributed by atoms with Crippen molar-refractivity contribution in [1.82, 2.24) is 24.0 Å². The number of nitrogens with one attached hydrogen (secondary N) is 1. The highest BCUT2D eigenvalue weighted by atomic mass is 35.5. The predicted molar refractivity (Wildman–Crippen MR) is 146 cm³/mol. The van der Waals surface area contributed by atoms with Crippen LogP contribution < -0.4 is 11.0 Å². The molecule has 2 aromatic heterocycles. The Hall–Kier alpha value is -3.20. The first-order chi connectivity index (χ1) is 18.1. The van der Waals surface area contributed by atoms with Gasteiger partial charge < -0.3 is 10.2 Å². The summed E-state index contributed by atoms with van der Waals surface area (Å²) >= 11 is 0. The van der Waals surface area contributed by atoms with E-state index in [-0.39, 0.29) is 36.0 Å². The second-order valence-electron chi connectivity index (χ2n) is 10.6. The number of anilines is 1. The lowest BCUT2D eigenvalue weighted by Crippen LogP contribution is -2.41. The lowest BCUT2D eigenvalue weighted by Gasteiger charge is -2.34. The number of amides is 1. The lowest BCUT2D eigenvalue weighted by molar-refractivity contribution is -0.130. The zero-order valence-corrected chi connectivity index (χ0v) is 22.2. The average Bonchev–Trinajstić information content (AvgIpc) is 3.66. The van der Waals surface area contributed by atoms with Gasteiger partial charge in [0.1, 0.15) is 5.82 Å². The Kier molecular flexibility index (Phi) is 7.83. The van der Waals surface area contributed by atoms with Crippen LogP contribution in [0.3, 0.4) is 0 Å². The van der Waals surface area contributed by atoms with Gasteiger partial charge in [0.25, 0.3) is 0 Å². The molecule has 0 unspecified atom stereocenters. The summed E-state index contributed by atoms with van der Waals surface area (Å²) in [6, 6.07) is 8.58. The van der Waals surface area contributed by atoms with Crippen molar-refractivity contribution in [1.29, 1.82) is 0 Å². The van der Waals surface area contributed by atoms with Crippen LogP contribution in [0.1, 0.15) is 70.3 Å². The number of nitrogens with zero attached hydrogens (tertiary/aromatic N) is 5. The van der Waals surface area contributed by atoms with E-state index in [9.17, 15) is 14.0 Å². The van der Waals surface area contributed by atoms with E-state index in [4.69, 9.17) is 4.98 Å². The topological polar surface area (TPSA) is 85.0 Å². The lowest BCUT2D eigenvalue weighted by atomic mass is 9.90. The van der Waals surface area contributed by atoms with Crippen LogP contribution in [0.15, 0.2) is 47.5 Å². The Bertz CT molecular complexity index is 1330. The van der Waals surface area contributed by atoms with E-state index in [1.165, 1.54) is 12.1 Å². The van der Waals surface area contributed by atoms with Gasteiger partial charge >= 0.3 is 5.69 Å². The van der Waals surface area contributed by atoms with E-state index < -0.39 is 0 Å². The molecule has 1 N–H and O–H groups in total. The number of imidazole rings is 1. The highest BCUT2D eigenvalue weighted by Gasteiger charge is 2.31. The second kappa shape index (κ2) is 11.3. The molecule has 2 aliphatic carbocycles. The molecule has 0 bridgehead atoms. The van der Waals surface area contributed by atoms with Crippen LogP contribution in [0.4, 0.5) is 10.3 Å². The molecule has 10 heteroatoms. The molecule has 0 atom stereocenters. The molecule has 1 amide bonds. The van der Waals surface area contributed by atoms with Crippen LogP contribution in [0, 0.1) is 5.82 Å². The fraction of sp³-hybridized carbons (Fsp3) is 0.500. The van der Waals surface area contributed by atoms with Crippen molar-refractivity contribution in [3.05, 3.63) is 59.0 Å². The van der Waals surface area contributed by atoms with Crippen molar-refractivity contribution >= 4 is 24.3 Å². The Morgan fingerprint density at radius 2 is 1.63 bits per heavy atom. The monoisotopic (exact) mass is 540 g/mol. The first-order valence-electron chi connectivity index (χ1n) is 13.6. The first-order valence-corrected chi connectivity index (χ1v) is 13.6. The van der Waals surface area contributed by atoms with E-state index in [1.54, 1.807) is 22.9 Å². The molecule has 1 aliphatic heterocycles. The average molecular weight is 541 g/mol. The van der Waals surface area contributed by atoms with Gasteiger partial charge in [-0.15, -0.1) is 12.4 Å². The molecule has 3 aromatic rings. The zero-order valence-electron chi connectivity index (χ0n) is 21.4. The number of halogens is 2. The minimum Gasteiger partial charge on any atom is -0.351 e. The number of rotatable bonds is 6. The van der Waals surface area contributed by atoms with Gasteiger partial charge in [0.15, 0.2) is 0 Å². The van der Waals surface area contributed by atoms with Crippen molar-refractivity contribution < 1.29 is 9.18 Å². The molecule has 3 aliphatic rings. The summed E-state index contributed by atoms with van der Waals surface area (Å²) in [4.78, 5) is 37.0. The van der Waals surface area contributed by atoms with Gasteiger partial charge in [-0.3, -0.25) is 13.9 Å². The molecule has 0 radical (unpaired) electrons. The minimum atomic E-state index is -0.342. The molecule has 1 aromatic carbocycles. The molecule has 202 valence electrons. The van der Waals surface area contributed by atoms with Crippen molar-refractivity contribution in [3.8, 4) is 17.1 Å². The number of benzene rings is 1. The van der Waals surface area contributed by atoms with E-state index in [0.29, 0.717) is 41.4 Å². The zero-order chi connectivity index (χ0) is 25.4. The highest BCUT2D eigenvalue weighted by molar-refractivity contribution is 5.85. The smallest absolute Gasteiger partial charge is 0.333 e. The Balaban J connectivity index is 0.00000294. The molecule has 3 fully saturated rings. The number of likely N-dealkylation sites (tertiary alicyclic amines) is 1. The summed E-state index contributed by atoms with van der Waals surface area (Å²) in [5, 5.41) is 3.49. The quantitative estimate of drug-likeness (QED) is 0.469. The van der Waals surface area contributed by atoms with Crippen molar-refractivity contribution in [3.63, 3.8) is 0 Å². The third-order valence-corrected chi connectivity index (χ3v) is 8.22. The van der Waals surface area contributed by atoms with Gasteiger partial charge in [-0.2, -0.15) is 0 Å². The normalized spacial score (nSPS) is 22.0. The SMILES string of the molecule is Cl.O=C1CCCN1C1CCC(Nc2nccc(-c3cn(C4CCCC4)c(=O)n3-c3ccc(F)cc3)n2)CC1. The fourth-order valence-electron chi connectivity index (χ4n) is 6.27. The summed E-state index contributed by atoms with van der Waals surface area (Å²) in [5.74, 6) is 0.486. The largest absolute Gasteiger partial charge is 0.351 e. The summed E-state index contributed by atoms with van der Waals surface area (Å²) in [6.45, 7) is 0.892. The van der Waals surface area contributed by atoms with Gasteiger partial charge in [0.2, 0.25) is 11.9 Å². The van der Waals surface area contributed by atoms with Crippen LogP contribution in [-0.4, -0.2) is 48.5 Å². The summed E-state index contributed by atoms with van der Waals surface area (Å²) < 4.78 is 17.1. The maximum Gasteiger partial charge on any atom is 0.333 e. The predicted octanol–water partition coefficient (Wildman–Crippen LogP) is 5.12. The van der Waals surface area contributed by atoms with Gasteiger partial charge in [0.05, 0.1) is 17.1 Å². The highest BCUT2D eigenvalue weighted by Crippen LogP contribution is 2.31. The number of carbonyl (C=O) groups is 1. The van der Waals surface area contributed by atoms with Crippen molar-refractivity contribution in [2.45, 2.75) is 82.3 Å². The van der Waals surface area contributed by atoms with Gasteiger partial charge in [-0.25, -0.2) is 19.2 Å².